The van der Waals surface area contributed by atoms with Gasteiger partial charge in [0.1, 0.15) is 13.2 Å². The van der Waals surface area contributed by atoms with Gasteiger partial charge in [0.05, 0.1) is 0 Å². The Bertz CT molecular complexity index is 1420. The van der Waals surface area contributed by atoms with Crippen LogP contribution in [0.4, 0.5) is 0 Å². The summed E-state index contributed by atoms with van der Waals surface area (Å²) in [4.78, 5) is 38.4. The third-order valence-corrected chi connectivity index (χ3v) is 14.7. The van der Waals surface area contributed by atoms with Gasteiger partial charge in [0.15, 0.2) is 6.10 Å². The van der Waals surface area contributed by atoms with Gasteiger partial charge in [0, 0.05) is 19.3 Å². The summed E-state index contributed by atoms with van der Waals surface area (Å²) < 4.78 is 17.0. The van der Waals surface area contributed by atoms with Crippen LogP contribution >= 0.6 is 0 Å². The van der Waals surface area contributed by atoms with Gasteiger partial charge in [0.25, 0.3) is 0 Å². The fourth-order valence-electron chi connectivity index (χ4n) is 9.69. The number of hydrogen-bond acceptors (Lipinski definition) is 6. The number of hydrogen-bond donors (Lipinski definition) is 0. The molecule has 77 heavy (non-hydrogen) atoms. The highest BCUT2D eigenvalue weighted by Gasteiger charge is 2.19. The summed E-state index contributed by atoms with van der Waals surface area (Å²) in [6.45, 7) is 6.53. The molecule has 0 N–H and O–H groups in total. The zero-order chi connectivity index (χ0) is 55.7. The molecule has 6 nitrogen and oxygen atoms in total. The second kappa shape index (κ2) is 65.4. The number of carbonyl (C=O) groups excluding carboxylic acids is 3. The Hall–Kier alpha value is -3.15. The predicted octanol–water partition coefficient (Wildman–Crippen LogP) is 22.9. The van der Waals surface area contributed by atoms with Crippen molar-refractivity contribution in [2.45, 2.75) is 348 Å². The summed E-state index contributed by atoms with van der Waals surface area (Å²) in [7, 11) is 0. The van der Waals surface area contributed by atoms with Crippen LogP contribution in [-0.2, 0) is 28.6 Å². The maximum absolute atomic E-state index is 12.9. The van der Waals surface area contributed by atoms with E-state index in [0.29, 0.717) is 19.3 Å². The van der Waals surface area contributed by atoms with Crippen molar-refractivity contribution in [2.24, 2.45) is 0 Å². The van der Waals surface area contributed by atoms with Gasteiger partial charge in [0.2, 0.25) is 0 Å². The minimum Gasteiger partial charge on any atom is -0.462 e. The molecule has 0 bridgehead atoms. The van der Waals surface area contributed by atoms with Crippen molar-refractivity contribution in [3.05, 3.63) is 72.9 Å². The fraction of sp³-hybridized carbons (Fsp3) is 0.789. The van der Waals surface area contributed by atoms with Gasteiger partial charge < -0.3 is 14.2 Å². The zero-order valence-corrected chi connectivity index (χ0v) is 51.2. The van der Waals surface area contributed by atoms with Crippen LogP contribution in [0.1, 0.15) is 342 Å². The van der Waals surface area contributed by atoms with Crippen molar-refractivity contribution < 1.29 is 28.6 Å². The molecule has 0 rings (SSSR count). The van der Waals surface area contributed by atoms with E-state index in [1.54, 1.807) is 0 Å². The van der Waals surface area contributed by atoms with E-state index in [1.165, 1.54) is 199 Å². The summed E-state index contributed by atoms with van der Waals surface area (Å²) in [6.07, 6.45) is 84.9. The summed E-state index contributed by atoms with van der Waals surface area (Å²) in [5.41, 5.74) is 0. The van der Waals surface area contributed by atoms with Gasteiger partial charge in [-0.2, -0.15) is 0 Å². The summed E-state index contributed by atoms with van der Waals surface area (Å²) >= 11 is 0. The second-order valence-electron chi connectivity index (χ2n) is 22.4. The van der Waals surface area contributed by atoms with Gasteiger partial charge >= 0.3 is 17.9 Å². The van der Waals surface area contributed by atoms with E-state index in [9.17, 15) is 14.4 Å². The highest BCUT2D eigenvalue weighted by atomic mass is 16.6. The summed E-state index contributed by atoms with van der Waals surface area (Å²) in [5, 5.41) is 0. The van der Waals surface area contributed by atoms with Crippen molar-refractivity contribution in [3.8, 4) is 0 Å². The highest BCUT2D eigenvalue weighted by molar-refractivity contribution is 5.71. The first kappa shape index (κ1) is 73.8. The van der Waals surface area contributed by atoms with Crippen molar-refractivity contribution in [2.75, 3.05) is 13.2 Å². The molecule has 0 spiro atoms. The maximum atomic E-state index is 12.9. The normalized spacial score (nSPS) is 12.5. The molecule has 0 fully saturated rings. The molecular weight excluding hydrogens is 949 g/mol. The number of allylic oxidation sites excluding steroid dienone is 12. The van der Waals surface area contributed by atoms with Crippen molar-refractivity contribution >= 4 is 17.9 Å². The maximum Gasteiger partial charge on any atom is 0.306 e. The SMILES string of the molecule is CC/C=C\C/C=C\C/C=C\C/C=C\CCCCCCCCCCCCCCCCC(=O)OCC(COC(=O)CCCCCCC/C=C\C/C=C\CCCC)OC(=O)CCCCCCCCCCCCCCCCCCCC. The van der Waals surface area contributed by atoms with Crippen molar-refractivity contribution in [1.29, 1.82) is 0 Å². The molecule has 0 aromatic carbocycles. The van der Waals surface area contributed by atoms with E-state index < -0.39 is 6.10 Å². The molecular formula is C71H126O6. The van der Waals surface area contributed by atoms with Crippen LogP contribution in [0.25, 0.3) is 0 Å². The van der Waals surface area contributed by atoms with Crippen LogP contribution in [-0.4, -0.2) is 37.2 Å². The quantitative estimate of drug-likeness (QED) is 0.0261. The molecule has 0 aliphatic heterocycles. The predicted molar refractivity (Wildman–Crippen MR) is 335 cm³/mol. The topological polar surface area (TPSA) is 78.9 Å². The molecule has 446 valence electrons. The Morgan fingerprint density at radius 2 is 0.519 bits per heavy atom. The lowest BCUT2D eigenvalue weighted by Crippen LogP contribution is -2.30. The van der Waals surface area contributed by atoms with Crippen LogP contribution in [0.5, 0.6) is 0 Å². The van der Waals surface area contributed by atoms with Gasteiger partial charge in [-0.3, -0.25) is 14.4 Å². The Labute approximate surface area is 478 Å². The third kappa shape index (κ3) is 63.6. The van der Waals surface area contributed by atoms with E-state index in [-0.39, 0.29) is 31.1 Å². The molecule has 1 atom stereocenters. The monoisotopic (exact) mass is 1070 g/mol. The van der Waals surface area contributed by atoms with Gasteiger partial charge in [-0.15, -0.1) is 0 Å². The van der Waals surface area contributed by atoms with Crippen molar-refractivity contribution in [1.82, 2.24) is 0 Å². The third-order valence-electron chi connectivity index (χ3n) is 14.7. The van der Waals surface area contributed by atoms with Crippen molar-refractivity contribution in [3.63, 3.8) is 0 Å². The first-order valence-corrected chi connectivity index (χ1v) is 33.4. The Morgan fingerprint density at radius 1 is 0.273 bits per heavy atom. The lowest BCUT2D eigenvalue weighted by Gasteiger charge is -2.18. The fourth-order valence-corrected chi connectivity index (χ4v) is 9.69. The van der Waals surface area contributed by atoms with E-state index in [1.807, 2.05) is 0 Å². The minimum absolute atomic E-state index is 0.0761. The van der Waals surface area contributed by atoms with Gasteiger partial charge in [-0.05, 0) is 83.5 Å². The Balaban J connectivity index is 4.26. The average Bonchev–Trinajstić information content (AvgIpc) is 3.43. The van der Waals surface area contributed by atoms with Gasteiger partial charge in [-0.1, -0.05) is 312 Å². The molecule has 0 amide bonds. The van der Waals surface area contributed by atoms with E-state index in [4.69, 9.17) is 14.2 Å². The summed E-state index contributed by atoms with van der Waals surface area (Å²) in [5.74, 6) is -0.871. The number of esters is 3. The largest absolute Gasteiger partial charge is 0.462 e. The second-order valence-corrected chi connectivity index (χ2v) is 22.4. The molecule has 0 heterocycles. The van der Waals surface area contributed by atoms with Crippen LogP contribution in [0.15, 0.2) is 72.9 Å². The highest BCUT2D eigenvalue weighted by Crippen LogP contribution is 2.18. The zero-order valence-electron chi connectivity index (χ0n) is 51.2. The minimum atomic E-state index is -0.780. The smallest absolute Gasteiger partial charge is 0.306 e. The van der Waals surface area contributed by atoms with Crippen LogP contribution < -0.4 is 0 Å². The standard InChI is InChI=1S/C71H126O6/c1-4-7-10-13-16-19-22-25-28-30-32-33-34-35-36-37-38-39-40-42-43-46-49-52-55-58-61-64-70(73)76-67-68(66-75-69(72)63-60-57-54-51-48-45-27-24-21-18-15-12-9-6-3)77-71(74)65-62-59-56-53-50-47-44-41-31-29-26-23-20-17-14-11-8-5-2/h7,10,15-16,18-19,24-25,27-28,32-33,68H,4-6,8-9,11-14,17,20-23,26,29-31,34-67H2,1-3H3/b10-7-,18-15-,19-16-,27-24-,28-25-,33-32-. The number of carbonyl (C=O) groups is 3. The van der Waals surface area contributed by atoms with E-state index in [2.05, 4.69) is 93.7 Å². The molecule has 0 saturated heterocycles. The number of ether oxygens (including phenoxy) is 3. The lowest BCUT2D eigenvalue weighted by molar-refractivity contribution is -0.167. The molecule has 1 unspecified atom stereocenters. The molecule has 0 aliphatic carbocycles. The Morgan fingerprint density at radius 3 is 0.831 bits per heavy atom. The molecule has 0 saturated carbocycles. The van der Waals surface area contributed by atoms with Crippen LogP contribution in [0.3, 0.4) is 0 Å². The first-order valence-electron chi connectivity index (χ1n) is 33.4. The average molecular weight is 1080 g/mol. The molecule has 0 radical (unpaired) electrons. The summed E-state index contributed by atoms with van der Waals surface area (Å²) in [6, 6.07) is 0. The Kier molecular flexibility index (Phi) is 62.7. The van der Waals surface area contributed by atoms with E-state index in [0.717, 1.165) is 103 Å². The molecule has 0 aromatic rings. The molecule has 0 aromatic heterocycles. The van der Waals surface area contributed by atoms with E-state index >= 15 is 0 Å². The van der Waals surface area contributed by atoms with Crippen LogP contribution in [0.2, 0.25) is 0 Å². The van der Waals surface area contributed by atoms with Gasteiger partial charge in [-0.25, -0.2) is 0 Å². The van der Waals surface area contributed by atoms with Crippen LogP contribution in [0, 0.1) is 0 Å². The number of rotatable bonds is 61. The lowest BCUT2D eigenvalue weighted by atomic mass is 10.0. The molecule has 0 aliphatic rings. The number of unbranched alkanes of at least 4 members (excludes halogenated alkanes) is 38. The first-order chi connectivity index (χ1) is 38.0. The molecule has 6 heteroatoms.